The normalized spacial score (nSPS) is 33.5. The summed E-state index contributed by atoms with van der Waals surface area (Å²) in [7, 11) is 0. The number of amides is 2. The van der Waals surface area contributed by atoms with Gasteiger partial charge in [-0.05, 0) is 18.8 Å². The van der Waals surface area contributed by atoms with E-state index < -0.39 is 0 Å². The van der Waals surface area contributed by atoms with Crippen molar-refractivity contribution in [2.75, 3.05) is 0 Å². The summed E-state index contributed by atoms with van der Waals surface area (Å²) in [6.07, 6.45) is 5.96. The Morgan fingerprint density at radius 2 is 1.85 bits per heavy atom. The lowest BCUT2D eigenvalue weighted by Gasteiger charge is -2.25. The number of imide groups is 1. The fourth-order valence-electron chi connectivity index (χ4n) is 2.25. The highest BCUT2D eigenvalue weighted by atomic mass is 16.2. The van der Waals surface area contributed by atoms with Crippen molar-refractivity contribution in [1.82, 2.24) is 4.90 Å². The molecule has 0 saturated heterocycles. The summed E-state index contributed by atoms with van der Waals surface area (Å²) in [5.74, 6) is 0.195. The molecule has 2 atom stereocenters. The highest BCUT2D eigenvalue weighted by molar-refractivity contribution is 6.13. The second-order valence-electron chi connectivity index (χ2n) is 3.86. The van der Waals surface area contributed by atoms with Gasteiger partial charge in [-0.25, -0.2) is 0 Å². The van der Waals surface area contributed by atoms with Gasteiger partial charge in [-0.2, -0.15) is 0 Å². The molecule has 2 aliphatic rings. The standard InChI is InChI=1S/C10H13NO2/c1-7-3-2-4-8(7)11-9(12)5-6-10(11)13/h5-8H,2-4H2,1H3/t7-,8-/m0/s1. The Hall–Kier alpha value is -1.12. The van der Waals surface area contributed by atoms with E-state index in [9.17, 15) is 9.59 Å². The lowest BCUT2D eigenvalue weighted by atomic mass is 10.1. The van der Waals surface area contributed by atoms with E-state index in [1.165, 1.54) is 17.1 Å². The van der Waals surface area contributed by atoms with Crippen LogP contribution in [0.1, 0.15) is 26.2 Å². The summed E-state index contributed by atoms with van der Waals surface area (Å²) in [5.41, 5.74) is 0. The molecule has 3 heteroatoms. The van der Waals surface area contributed by atoms with Gasteiger partial charge in [0.1, 0.15) is 0 Å². The topological polar surface area (TPSA) is 37.4 Å². The Bertz CT molecular complexity index is 265. The Kier molecular flexibility index (Phi) is 1.94. The van der Waals surface area contributed by atoms with Gasteiger partial charge in [0, 0.05) is 18.2 Å². The van der Waals surface area contributed by atoms with Crippen LogP contribution in [0.15, 0.2) is 12.2 Å². The maximum Gasteiger partial charge on any atom is 0.253 e. The van der Waals surface area contributed by atoms with Crippen molar-refractivity contribution in [2.24, 2.45) is 5.92 Å². The minimum atomic E-state index is -0.135. The molecule has 0 unspecified atom stereocenters. The smallest absolute Gasteiger partial charge is 0.253 e. The zero-order valence-corrected chi connectivity index (χ0v) is 7.69. The average molecular weight is 179 g/mol. The van der Waals surface area contributed by atoms with E-state index in [1.807, 2.05) is 0 Å². The van der Waals surface area contributed by atoms with E-state index >= 15 is 0 Å². The van der Waals surface area contributed by atoms with Crippen LogP contribution in [0.25, 0.3) is 0 Å². The number of nitrogens with zero attached hydrogens (tertiary/aromatic N) is 1. The minimum Gasteiger partial charge on any atom is -0.272 e. The molecule has 2 rings (SSSR count). The van der Waals surface area contributed by atoms with Crippen LogP contribution in [0.5, 0.6) is 0 Å². The first-order valence-corrected chi connectivity index (χ1v) is 4.75. The zero-order chi connectivity index (χ0) is 9.42. The summed E-state index contributed by atoms with van der Waals surface area (Å²) in [6, 6.07) is 0.148. The molecule has 0 aromatic rings. The van der Waals surface area contributed by atoms with E-state index in [0.29, 0.717) is 5.92 Å². The monoisotopic (exact) mass is 179 g/mol. The van der Waals surface area contributed by atoms with Crippen molar-refractivity contribution in [3.63, 3.8) is 0 Å². The molecule has 0 radical (unpaired) electrons. The predicted octanol–water partition coefficient (Wildman–Crippen LogP) is 1.10. The summed E-state index contributed by atoms with van der Waals surface area (Å²) in [5, 5.41) is 0. The number of carbonyl (C=O) groups is 2. The Morgan fingerprint density at radius 1 is 1.23 bits per heavy atom. The second kappa shape index (κ2) is 2.98. The quantitative estimate of drug-likeness (QED) is 0.565. The van der Waals surface area contributed by atoms with Crippen molar-refractivity contribution >= 4 is 11.8 Å². The molecule has 2 amide bonds. The van der Waals surface area contributed by atoms with Crippen molar-refractivity contribution in [3.8, 4) is 0 Å². The molecule has 1 aliphatic carbocycles. The van der Waals surface area contributed by atoms with Gasteiger partial charge in [-0.15, -0.1) is 0 Å². The molecule has 0 aromatic carbocycles. The third-order valence-electron chi connectivity index (χ3n) is 2.99. The van der Waals surface area contributed by atoms with Gasteiger partial charge < -0.3 is 0 Å². The first-order valence-electron chi connectivity index (χ1n) is 4.75. The highest BCUT2D eigenvalue weighted by Gasteiger charge is 2.36. The lowest BCUT2D eigenvalue weighted by molar-refractivity contribution is -0.140. The summed E-state index contributed by atoms with van der Waals surface area (Å²) >= 11 is 0. The number of hydrogen-bond acceptors (Lipinski definition) is 2. The van der Waals surface area contributed by atoms with Gasteiger partial charge in [-0.1, -0.05) is 13.3 Å². The molecule has 13 heavy (non-hydrogen) atoms. The lowest BCUT2D eigenvalue weighted by Crippen LogP contribution is -2.41. The molecule has 0 spiro atoms. The van der Waals surface area contributed by atoms with Crippen LogP contribution in [0, 0.1) is 5.92 Å². The van der Waals surface area contributed by atoms with Gasteiger partial charge in [0.15, 0.2) is 0 Å². The summed E-state index contributed by atoms with van der Waals surface area (Å²) in [6.45, 7) is 2.11. The van der Waals surface area contributed by atoms with Gasteiger partial charge >= 0.3 is 0 Å². The maximum atomic E-state index is 11.3. The van der Waals surface area contributed by atoms with Crippen LogP contribution >= 0.6 is 0 Å². The second-order valence-corrected chi connectivity index (χ2v) is 3.86. The molecule has 0 aromatic heterocycles. The van der Waals surface area contributed by atoms with Crippen LogP contribution in [0.3, 0.4) is 0 Å². The van der Waals surface area contributed by atoms with Crippen LogP contribution in [0.4, 0.5) is 0 Å². The average Bonchev–Trinajstić information content (AvgIpc) is 2.60. The van der Waals surface area contributed by atoms with Crippen LogP contribution < -0.4 is 0 Å². The van der Waals surface area contributed by atoms with E-state index in [1.54, 1.807) is 0 Å². The Morgan fingerprint density at radius 3 is 2.31 bits per heavy atom. The van der Waals surface area contributed by atoms with Gasteiger partial charge in [0.25, 0.3) is 11.8 Å². The largest absolute Gasteiger partial charge is 0.272 e. The third-order valence-corrected chi connectivity index (χ3v) is 2.99. The van der Waals surface area contributed by atoms with Crippen molar-refractivity contribution in [1.29, 1.82) is 0 Å². The number of carbonyl (C=O) groups excluding carboxylic acids is 2. The molecular formula is C10H13NO2. The Balaban J connectivity index is 2.16. The SMILES string of the molecule is C[C@H]1CCC[C@@H]1N1C(=O)C=CC1=O. The van der Waals surface area contributed by atoms with E-state index in [0.717, 1.165) is 19.3 Å². The van der Waals surface area contributed by atoms with Crippen molar-refractivity contribution < 1.29 is 9.59 Å². The molecule has 3 nitrogen and oxygen atoms in total. The zero-order valence-electron chi connectivity index (χ0n) is 7.69. The number of rotatable bonds is 1. The summed E-state index contributed by atoms with van der Waals surface area (Å²) < 4.78 is 0. The van der Waals surface area contributed by atoms with Gasteiger partial charge in [0.05, 0.1) is 0 Å². The van der Waals surface area contributed by atoms with Crippen LogP contribution in [0.2, 0.25) is 0 Å². The third kappa shape index (κ3) is 1.28. The van der Waals surface area contributed by atoms with E-state index in [2.05, 4.69) is 6.92 Å². The fraction of sp³-hybridized carbons (Fsp3) is 0.600. The molecule has 1 aliphatic heterocycles. The molecule has 0 bridgehead atoms. The molecule has 1 heterocycles. The molecule has 0 N–H and O–H groups in total. The minimum absolute atomic E-state index is 0.135. The maximum absolute atomic E-state index is 11.3. The van der Waals surface area contributed by atoms with E-state index in [-0.39, 0.29) is 17.9 Å². The predicted molar refractivity (Wildman–Crippen MR) is 47.8 cm³/mol. The van der Waals surface area contributed by atoms with Crippen molar-refractivity contribution in [2.45, 2.75) is 32.2 Å². The molecule has 1 saturated carbocycles. The summed E-state index contributed by atoms with van der Waals surface area (Å²) in [4.78, 5) is 24.1. The molecule has 1 fully saturated rings. The molecule has 70 valence electrons. The van der Waals surface area contributed by atoms with Crippen LogP contribution in [-0.2, 0) is 9.59 Å². The highest BCUT2D eigenvalue weighted by Crippen LogP contribution is 2.30. The first-order chi connectivity index (χ1) is 6.20. The van der Waals surface area contributed by atoms with Gasteiger partial charge in [0.2, 0.25) is 0 Å². The molecular weight excluding hydrogens is 166 g/mol. The fourth-order valence-corrected chi connectivity index (χ4v) is 2.25. The van der Waals surface area contributed by atoms with Crippen molar-refractivity contribution in [3.05, 3.63) is 12.2 Å². The number of hydrogen-bond donors (Lipinski definition) is 0. The van der Waals surface area contributed by atoms with E-state index in [4.69, 9.17) is 0 Å². The Labute approximate surface area is 77.4 Å². The van der Waals surface area contributed by atoms with Crippen LogP contribution in [-0.4, -0.2) is 22.8 Å². The first kappa shape index (κ1) is 8.48. The van der Waals surface area contributed by atoms with Gasteiger partial charge in [-0.3, -0.25) is 14.5 Å².